The molecule has 0 aliphatic carbocycles. The Morgan fingerprint density at radius 3 is 2.45 bits per heavy atom. The minimum atomic E-state index is -0.666. The third kappa shape index (κ3) is 3.09. The molecule has 4 nitrogen and oxygen atoms in total. The average Bonchev–Trinajstić information content (AvgIpc) is 2.38. The van der Waals surface area contributed by atoms with Crippen LogP contribution in [0.3, 0.4) is 0 Å². The largest absolute Gasteiger partial charge is 0.375 e. The molecule has 0 spiro atoms. The number of nitrogens with zero attached hydrogens (tertiary/aromatic N) is 1. The highest BCUT2D eigenvalue weighted by Crippen LogP contribution is 2.25. The first-order chi connectivity index (χ1) is 9.47. The van der Waals surface area contributed by atoms with Crippen molar-refractivity contribution in [1.82, 2.24) is 0 Å². The maximum atomic E-state index is 13.0. The summed E-state index contributed by atoms with van der Waals surface area (Å²) in [5, 5.41) is 13.7. The van der Waals surface area contributed by atoms with Gasteiger partial charge in [0.1, 0.15) is 17.3 Å². The van der Waals surface area contributed by atoms with Crippen LogP contribution in [-0.2, 0) is 6.54 Å². The van der Waals surface area contributed by atoms with Gasteiger partial charge in [-0.1, -0.05) is 6.07 Å². The van der Waals surface area contributed by atoms with Gasteiger partial charge >= 0.3 is 0 Å². The molecule has 2 aromatic rings. The molecule has 1 N–H and O–H groups in total. The number of halogens is 2. The van der Waals surface area contributed by atoms with E-state index < -0.39 is 10.7 Å². The van der Waals surface area contributed by atoms with Gasteiger partial charge in [0.2, 0.25) is 0 Å². The Bertz CT molecular complexity index is 660. The first-order valence-electron chi connectivity index (χ1n) is 5.90. The lowest BCUT2D eigenvalue weighted by molar-refractivity contribution is -0.384. The van der Waals surface area contributed by atoms with E-state index in [-0.39, 0.29) is 17.2 Å². The van der Waals surface area contributed by atoms with Gasteiger partial charge in [-0.3, -0.25) is 10.1 Å². The zero-order valence-electron chi connectivity index (χ0n) is 10.7. The molecule has 0 aliphatic rings. The van der Waals surface area contributed by atoms with Crippen LogP contribution in [-0.4, -0.2) is 4.92 Å². The fourth-order valence-electron chi connectivity index (χ4n) is 1.85. The zero-order chi connectivity index (χ0) is 14.7. The van der Waals surface area contributed by atoms with Crippen LogP contribution in [0.1, 0.15) is 11.1 Å². The number of hydrogen-bond donors (Lipinski definition) is 1. The van der Waals surface area contributed by atoms with E-state index in [4.69, 9.17) is 0 Å². The van der Waals surface area contributed by atoms with Crippen molar-refractivity contribution in [2.45, 2.75) is 13.5 Å². The molecule has 2 rings (SSSR count). The van der Waals surface area contributed by atoms with Crippen LogP contribution >= 0.6 is 0 Å². The topological polar surface area (TPSA) is 55.2 Å². The summed E-state index contributed by atoms with van der Waals surface area (Å²) in [6.45, 7) is 2.04. The van der Waals surface area contributed by atoms with E-state index in [1.54, 1.807) is 13.0 Å². The fraction of sp³-hybridized carbons (Fsp3) is 0.143. The van der Waals surface area contributed by atoms with Crippen LogP contribution in [0.15, 0.2) is 36.4 Å². The second-order valence-corrected chi connectivity index (χ2v) is 4.34. The van der Waals surface area contributed by atoms with E-state index in [0.717, 1.165) is 23.3 Å². The lowest BCUT2D eigenvalue weighted by Gasteiger charge is -2.09. The van der Waals surface area contributed by atoms with Crippen molar-refractivity contribution in [3.05, 3.63) is 69.3 Å². The molecule has 0 saturated carbocycles. The summed E-state index contributed by atoms with van der Waals surface area (Å²) < 4.78 is 26.0. The molecule has 2 aromatic carbocycles. The summed E-state index contributed by atoms with van der Waals surface area (Å²) in [4.78, 5) is 10.2. The van der Waals surface area contributed by atoms with Crippen molar-refractivity contribution in [3.63, 3.8) is 0 Å². The first-order valence-corrected chi connectivity index (χ1v) is 5.90. The summed E-state index contributed by atoms with van der Waals surface area (Å²) in [6.07, 6.45) is 0. The molecule has 6 heteroatoms. The standard InChI is InChI=1S/C14H12F2N2O2/c1-9-6-11(15)3-2-10(9)8-17-13-5-4-12(16)7-14(13)18(19)20/h2-7,17H,8H2,1H3. The van der Waals surface area contributed by atoms with E-state index in [1.165, 1.54) is 18.2 Å². The Morgan fingerprint density at radius 1 is 1.15 bits per heavy atom. The third-order valence-electron chi connectivity index (χ3n) is 2.93. The summed E-state index contributed by atoms with van der Waals surface area (Å²) in [5.74, 6) is -1.00. The summed E-state index contributed by atoms with van der Waals surface area (Å²) in [7, 11) is 0. The number of rotatable bonds is 4. The SMILES string of the molecule is Cc1cc(F)ccc1CNc1ccc(F)cc1[N+](=O)[O-]. The highest BCUT2D eigenvalue weighted by molar-refractivity contribution is 5.61. The monoisotopic (exact) mass is 278 g/mol. The van der Waals surface area contributed by atoms with Crippen molar-refractivity contribution in [2.24, 2.45) is 0 Å². The molecule has 0 radical (unpaired) electrons. The van der Waals surface area contributed by atoms with E-state index in [9.17, 15) is 18.9 Å². The molecule has 0 heterocycles. The summed E-state index contributed by atoms with van der Waals surface area (Å²) in [6, 6.07) is 7.63. The van der Waals surface area contributed by atoms with E-state index in [1.807, 2.05) is 0 Å². The number of nitro benzene ring substituents is 1. The van der Waals surface area contributed by atoms with Gasteiger partial charge < -0.3 is 5.32 Å². The minimum Gasteiger partial charge on any atom is -0.375 e. The number of nitrogens with one attached hydrogen (secondary N) is 1. The second kappa shape index (κ2) is 5.64. The normalized spacial score (nSPS) is 10.3. The Kier molecular flexibility index (Phi) is 3.93. The van der Waals surface area contributed by atoms with Crippen LogP contribution < -0.4 is 5.32 Å². The van der Waals surface area contributed by atoms with Gasteiger partial charge in [0.15, 0.2) is 0 Å². The predicted octanol–water partition coefficient (Wildman–Crippen LogP) is 3.79. The molecule has 20 heavy (non-hydrogen) atoms. The zero-order valence-corrected chi connectivity index (χ0v) is 10.7. The highest BCUT2D eigenvalue weighted by atomic mass is 19.1. The number of benzene rings is 2. The van der Waals surface area contributed by atoms with Gasteiger partial charge in [0, 0.05) is 6.54 Å². The predicted molar refractivity (Wildman–Crippen MR) is 71.5 cm³/mol. The van der Waals surface area contributed by atoms with Crippen molar-refractivity contribution in [2.75, 3.05) is 5.32 Å². The quantitative estimate of drug-likeness (QED) is 0.683. The molecule has 0 bridgehead atoms. The molecule has 0 aliphatic heterocycles. The van der Waals surface area contributed by atoms with Crippen molar-refractivity contribution < 1.29 is 13.7 Å². The van der Waals surface area contributed by atoms with E-state index in [2.05, 4.69) is 5.32 Å². The molecular formula is C14H12F2N2O2. The Labute approximate surface area is 114 Å². The van der Waals surface area contributed by atoms with Crippen molar-refractivity contribution >= 4 is 11.4 Å². The second-order valence-electron chi connectivity index (χ2n) is 4.34. The van der Waals surface area contributed by atoms with Crippen molar-refractivity contribution in [3.8, 4) is 0 Å². The lowest BCUT2D eigenvalue weighted by atomic mass is 10.1. The van der Waals surface area contributed by atoms with Gasteiger partial charge in [0.05, 0.1) is 11.0 Å². The number of anilines is 1. The third-order valence-corrected chi connectivity index (χ3v) is 2.93. The van der Waals surface area contributed by atoms with Gasteiger partial charge in [-0.05, 0) is 42.3 Å². The van der Waals surface area contributed by atoms with Gasteiger partial charge in [-0.2, -0.15) is 0 Å². The molecule has 0 aromatic heterocycles. The summed E-state index contributed by atoms with van der Waals surface area (Å²) in [5.41, 5.74) is 1.44. The Morgan fingerprint density at radius 2 is 1.80 bits per heavy atom. The molecule has 0 amide bonds. The van der Waals surface area contributed by atoms with Gasteiger partial charge in [-0.25, -0.2) is 8.78 Å². The van der Waals surface area contributed by atoms with E-state index in [0.29, 0.717) is 6.54 Å². The molecule has 104 valence electrons. The number of hydrogen-bond acceptors (Lipinski definition) is 3. The maximum absolute atomic E-state index is 13.0. The summed E-state index contributed by atoms with van der Waals surface area (Å²) >= 11 is 0. The van der Waals surface area contributed by atoms with Crippen molar-refractivity contribution in [1.29, 1.82) is 0 Å². The molecule has 0 unspecified atom stereocenters. The number of nitro groups is 1. The van der Waals surface area contributed by atoms with Crippen LogP contribution in [0, 0.1) is 28.7 Å². The minimum absolute atomic E-state index is 0.222. The van der Waals surface area contributed by atoms with Crippen LogP contribution in [0.2, 0.25) is 0 Å². The first kappa shape index (κ1) is 13.9. The molecule has 0 fully saturated rings. The van der Waals surface area contributed by atoms with E-state index >= 15 is 0 Å². The van der Waals surface area contributed by atoms with Crippen LogP contribution in [0.5, 0.6) is 0 Å². The van der Waals surface area contributed by atoms with Gasteiger partial charge in [0.25, 0.3) is 5.69 Å². The fourth-order valence-corrected chi connectivity index (χ4v) is 1.85. The molecule has 0 atom stereocenters. The Balaban J connectivity index is 2.20. The van der Waals surface area contributed by atoms with Gasteiger partial charge in [-0.15, -0.1) is 0 Å². The average molecular weight is 278 g/mol. The highest BCUT2D eigenvalue weighted by Gasteiger charge is 2.14. The van der Waals surface area contributed by atoms with Crippen LogP contribution in [0.25, 0.3) is 0 Å². The molecule has 0 saturated heterocycles. The molecular weight excluding hydrogens is 266 g/mol. The maximum Gasteiger partial charge on any atom is 0.295 e. The number of aryl methyl sites for hydroxylation is 1. The Hall–Kier alpha value is -2.50. The van der Waals surface area contributed by atoms with Crippen LogP contribution in [0.4, 0.5) is 20.2 Å². The smallest absolute Gasteiger partial charge is 0.295 e. The lowest BCUT2D eigenvalue weighted by Crippen LogP contribution is -2.04.